The number of hydrogen-bond acceptors (Lipinski definition) is 17. The molecule has 2 aliphatic rings. The Morgan fingerprint density at radius 1 is 1.15 bits per heavy atom. The van der Waals surface area contributed by atoms with Crippen molar-refractivity contribution >= 4 is 64.9 Å². The Kier molecular flexibility index (Phi) is 12.1. The number of nitrogens with zero attached hydrogens (tertiary/aromatic N) is 4. The summed E-state index contributed by atoms with van der Waals surface area (Å²) in [5.41, 5.74) is 4.48. The van der Waals surface area contributed by atoms with Gasteiger partial charge in [-0.3, -0.25) is 27.7 Å². The highest BCUT2D eigenvalue weighted by atomic mass is 32.1. The topological polar surface area (TPSA) is 347 Å². The highest BCUT2D eigenvalue weighted by molar-refractivity contribution is 7.80. The molecule has 2 aromatic rings. The molecule has 1 saturated carbocycles. The largest absolute Gasteiger partial charge is 0.481 e. The van der Waals surface area contributed by atoms with Gasteiger partial charge in [0.25, 0.3) is 0 Å². The molecule has 27 heteroatoms. The molecule has 1 aliphatic carbocycles. The third-order valence-corrected chi connectivity index (χ3v) is 10.6. The van der Waals surface area contributed by atoms with Crippen molar-refractivity contribution in [3.05, 3.63) is 12.7 Å². The SMILES string of the molecule is C[C@@]1([C@@H](O)C(=O)NCCC(=O)NCCS)C[C@H]1OP(=O)(O)OP(=O)(O)OC[C@H]1O[C@@H](n2cnc3c(N)ncnc32)[C@H](O)[C@@H]1OP(=O)(O)O. The molecule has 23 nitrogen and oxygen atoms in total. The highest BCUT2D eigenvalue weighted by Gasteiger charge is 2.61. The van der Waals surface area contributed by atoms with Crippen molar-refractivity contribution in [1.82, 2.24) is 30.2 Å². The zero-order valence-corrected chi connectivity index (χ0v) is 28.4. The number of aliphatic hydroxyl groups excluding tert-OH is 2. The number of ether oxygens (including phenoxy) is 1. The molecule has 10 N–H and O–H groups in total. The van der Waals surface area contributed by atoms with Crippen LogP contribution < -0.4 is 16.4 Å². The Morgan fingerprint density at radius 3 is 2.52 bits per heavy atom. The van der Waals surface area contributed by atoms with Gasteiger partial charge < -0.3 is 50.9 Å². The number of phosphoric ester groups is 3. The van der Waals surface area contributed by atoms with E-state index in [0.29, 0.717) is 12.3 Å². The number of thiol groups is 1. The maximum Gasteiger partial charge on any atom is 0.481 e. The number of carbonyl (C=O) groups excluding carboxylic acids is 2. The Labute approximate surface area is 276 Å². The second kappa shape index (κ2) is 15.0. The van der Waals surface area contributed by atoms with E-state index in [-0.39, 0.29) is 42.3 Å². The fourth-order valence-electron chi connectivity index (χ4n) is 4.70. The van der Waals surface area contributed by atoms with Crippen LogP contribution >= 0.6 is 36.1 Å². The van der Waals surface area contributed by atoms with Gasteiger partial charge in [0.05, 0.1) is 19.0 Å². The number of phosphoric acid groups is 3. The smallest absolute Gasteiger partial charge is 0.386 e. The van der Waals surface area contributed by atoms with E-state index in [1.54, 1.807) is 0 Å². The molecule has 2 unspecified atom stereocenters. The molecular weight excluding hydrogens is 731 g/mol. The van der Waals surface area contributed by atoms with Crippen LogP contribution in [0, 0.1) is 5.41 Å². The van der Waals surface area contributed by atoms with Crippen molar-refractivity contribution in [1.29, 1.82) is 0 Å². The number of fused-ring (bicyclic) bond motifs is 1. The first-order valence-electron chi connectivity index (χ1n) is 13.8. The number of carbonyl (C=O) groups is 2. The first-order valence-corrected chi connectivity index (χ1v) is 19.0. The molecule has 3 heterocycles. The molecule has 0 radical (unpaired) electrons. The average Bonchev–Trinajstić information content (AvgIpc) is 3.28. The summed E-state index contributed by atoms with van der Waals surface area (Å²) in [5, 5.41) is 26.2. The van der Waals surface area contributed by atoms with Gasteiger partial charge in [-0.25, -0.2) is 28.6 Å². The van der Waals surface area contributed by atoms with Crippen LogP contribution in [0.5, 0.6) is 0 Å². The van der Waals surface area contributed by atoms with E-state index >= 15 is 0 Å². The van der Waals surface area contributed by atoms with E-state index in [1.807, 2.05) is 0 Å². The van der Waals surface area contributed by atoms with Crippen LogP contribution in [0.15, 0.2) is 12.7 Å². The van der Waals surface area contributed by atoms with E-state index < -0.39 is 78.1 Å². The fraction of sp³-hybridized carbons (Fsp3) is 0.667. The van der Waals surface area contributed by atoms with Gasteiger partial charge in [0.1, 0.15) is 36.3 Å². The van der Waals surface area contributed by atoms with E-state index in [9.17, 15) is 53.1 Å². The standard InChI is InChI=1S/C21H34N7O16P3S/c1-21(16(31)19(32)24-3-2-12(29)23-4-5-48)6-11(21)42-47(38,39)44-46(36,37)40-7-10-15(43-45(33,34)35)14(30)20(41-10)28-9-27-13-17(22)25-8-26-18(13)28/h8-11,14-16,20,30-31,48H,2-7H2,1H3,(H,23,29)(H,24,32)(H,36,37)(H,38,39)(H2,22,25,26)(H2,33,34,35)/t10-,11-,14-,15-,16+,20-,21-/m1/s1. The lowest BCUT2D eigenvalue weighted by atomic mass is 10.0. The molecule has 2 fully saturated rings. The van der Waals surface area contributed by atoms with Crippen molar-refractivity contribution in [2.75, 3.05) is 31.2 Å². The lowest BCUT2D eigenvalue weighted by Crippen LogP contribution is -2.42. The van der Waals surface area contributed by atoms with E-state index in [0.717, 1.165) is 17.2 Å². The number of aromatic nitrogens is 4. The van der Waals surface area contributed by atoms with Gasteiger partial charge in [0.15, 0.2) is 17.7 Å². The van der Waals surface area contributed by atoms with E-state index in [2.05, 4.69) is 47.0 Å². The lowest BCUT2D eigenvalue weighted by molar-refractivity contribution is -0.133. The molecule has 1 saturated heterocycles. The van der Waals surface area contributed by atoms with Crippen molar-refractivity contribution in [2.45, 2.75) is 56.5 Å². The number of nitrogens with one attached hydrogen (secondary N) is 2. The molecule has 48 heavy (non-hydrogen) atoms. The van der Waals surface area contributed by atoms with Crippen LogP contribution in [0.4, 0.5) is 5.82 Å². The van der Waals surface area contributed by atoms with Crippen LogP contribution in [0.3, 0.4) is 0 Å². The first-order chi connectivity index (χ1) is 22.3. The van der Waals surface area contributed by atoms with Gasteiger partial charge in [-0.15, -0.1) is 0 Å². The second-order valence-electron chi connectivity index (χ2n) is 10.8. The quantitative estimate of drug-likeness (QED) is 0.0620. The Balaban J connectivity index is 1.34. The molecule has 2 amide bonds. The monoisotopic (exact) mass is 765 g/mol. The van der Waals surface area contributed by atoms with E-state index in [4.69, 9.17) is 19.5 Å². The molecule has 1 aliphatic heterocycles. The highest BCUT2D eigenvalue weighted by Crippen LogP contribution is 2.65. The van der Waals surface area contributed by atoms with Crippen LogP contribution in [0.2, 0.25) is 0 Å². The summed E-state index contributed by atoms with van der Waals surface area (Å²) in [7, 11) is -16.3. The van der Waals surface area contributed by atoms with Crippen molar-refractivity contribution in [3.8, 4) is 0 Å². The van der Waals surface area contributed by atoms with Crippen molar-refractivity contribution in [2.24, 2.45) is 5.41 Å². The summed E-state index contributed by atoms with van der Waals surface area (Å²) in [5.74, 6) is -0.883. The Morgan fingerprint density at radius 2 is 1.85 bits per heavy atom. The predicted octanol–water partition coefficient (Wildman–Crippen LogP) is -1.91. The average molecular weight is 766 g/mol. The molecule has 0 bridgehead atoms. The minimum Gasteiger partial charge on any atom is -0.386 e. The maximum absolute atomic E-state index is 12.6. The van der Waals surface area contributed by atoms with Crippen molar-refractivity contribution < 1.29 is 75.7 Å². The van der Waals surface area contributed by atoms with Gasteiger partial charge in [-0.1, -0.05) is 6.92 Å². The number of hydrogen-bond donors (Lipinski definition) is 10. The summed E-state index contributed by atoms with van der Waals surface area (Å²) in [6, 6.07) is 0. The van der Waals surface area contributed by atoms with Crippen molar-refractivity contribution in [3.63, 3.8) is 0 Å². The molecule has 270 valence electrons. The number of imidazole rings is 1. The summed E-state index contributed by atoms with van der Waals surface area (Å²) >= 11 is 3.95. The number of anilines is 1. The van der Waals surface area contributed by atoms with Gasteiger partial charge in [0, 0.05) is 30.7 Å². The minimum atomic E-state index is -5.53. The van der Waals surface area contributed by atoms with Gasteiger partial charge in [0.2, 0.25) is 11.8 Å². The molecule has 0 spiro atoms. The lowest BCUT2D eigenvalue weighted by Gasteiger charge is -2.22. The van der Waals surface area contributed by atoms with Crippen LogP contribution in [-0.4, -0.2) is 117 Å². The van der Waals surface area contributed by atoms with E-state index in [1.165, 1.54) is 6.92 Å². The summed E-state index contributed by atoms with van der Waals surface area (Å²) < 4.78 is 62.1. The number of aliphatic hydroxyl groups is 2. The molecule has 2 aromatic heterocycles. The Bertz CT molecular complexity index is 1650. The van der Waals surface area contributed by atoms with Crippen LogP contribution in [0.1, 0.15) is 26.0 Å². The molecule has 4 rings (SSSR count). The maximum atomic E-state index is 12.6. The number of rotatable bonds is 17. The van der Waals surface area contributed by atoms with Gasteiger partial charge in [-0.2, -0.15) is 16.9 Å². The zero-order chi connectivity index (χ0) is 35.7. The Hall–Kier alpha value is -2.11. The minimum absolute atomic E-state index is 0.0334. The summed E-state index contributed by atoms with van der Waals surface area (Å²) in [4.78, 5) is 74.8. The zero-order valence-electron chi connectivity index (χ0n) is 24.8. The number of nitrogen functional groups attached to an aromatic ring is 1. The summed E-state index contributed by atoms with van der Waals surface area (Å²) in [6.45, 7) is 0.445. The predicted molar refractivity (Wildman–Crippen MR) is 161 cm³/mol. The third kappa shape index (κ3) is 9.56. The third-order valence-electron chi connectivity index (χ3n) is 7.26. The first kappa shape index (κ1) is 38.7. The normalized spacial score (nSPS) is 28.8. The second-order valence-corrected chi connectivity index (χ2v) is 15.5. The summed E-state index contributed by atoms with van der Waals surface area (Å²) in [6.07, 6.45) is -8.07. The van der Waals surface area contributed by atoms with Gasteiger partial charge >= 0.3 is 23.5 Å². The molecule has 0 aromatic carbocycles. The van der Waals surface area contributed by atoms with Gasteiger partial charge in [-0.05, 0) is 6.42 Å². The number of amides is 2. The van der Waals surface area contributed by atoms with Crippen LogP contribution in [0.25, 0.3) is 11.2 Å². The van der Waals surface area contributed by atoms with Crippen LogP contribution in [-0.2, 0) is 45.9 Å². The fourth-order valence-corrected chi connectivity index (χ4v) is 7.74. The molecular formula is C21H34N7O16P3S. The molecule has 9 atom stereocenters. The number of nitrogens with two attached hydrogens (primary N) is 1.